The maximum atomic E-state index is 6.24. The van der Waals surface area contributed by atoms with Gasteiger partial charge in [-0.15, -0.1) is 0 Å². The Labute approximate surface area is 164 Å². The van der Waals surface area contributed by atoms with Crippen LogP contribution >= 0.6 is 0 Å². The van der Waals surface area contributed by atoms with E-state index in [0.29, 0.717) is 5.92 Å². The predicted octanol–water partition coefficient (Wildman–Crippen LogP) is 5.98. The first-order valence-corrected chi connectivity index (χ1v) is 10.4. The van der Waals surface area contributed by atoms with E-state index in [9.17, 15) is 0 Å². The zero-order chi connectivity index (χ0) is 19.2. The number of fused-ring (bicyclic) bond motifs is 2. The van der Waals surface area contributed by atoms with Gasteiger partial charge in [-0.1, -0.05) is 57.2 Å². The molecule has 0 spiro atoms. The van der Waals surface area contributed by atoms with E-state index in [-0.39, 0.29) is 11.0 Å². The van der Waals surface area contributed by atoms with Crippen molar-refractivity contribution in [1.82, 2.24) is 0 Å². The molecule has 0 saturated carbocycles. The summed E-state index contributed by atoms with van der Waals surface area (Å²) in [5.74, 6) is 1.72. The summed E-state index contributed by atoms with van der Waals surface area (Å²) < 4.78 is 6.24. The summed E-state index contributed by atoms with van der Waals surface area (Å²) in [6.07, 6.45) is 3.26. The van der Waals surface area contributed by atoms with Crippen molar-refractivity contribution in [2.45, 2.75) is 65.3 Å². The average Bonchev–Trinajstić information content (AvgIpc) is 3.05. The van der Waals surface area contributed by atoms with E-state index in [1.165, 1.54) is 22.4 Å². The molecule has 2 heteroatoms. The summed E-state index contributed by atoms with van der Waals surface area (Å²) in [6.45, 7) is 13.7. The van der Waals surface area contributed by atoms with Crippen molar-refractivity contribution in [3.8, 4) is 5.75 Å². The first-order chi connectivity index (χ1) is 12.8. The highest BCUT2D eigenvalue weighted by Gasteiger charge is 2.36. The molecule has 0 aliphatic carbocycles. The second-order valence-corrected chi connectivity index (χ2v) is 9.91. The summed E-state index contributed by atoms with van der Waals surface area (Å²) in [6, 6.07) is 15.6. The molecule has 0 saturated heterocycles. The molecule has 0 radical (unpaired) electrons. The van der Waals surface area contributed by atoms with E-state index in [0.717, 1.165) is 38.2 Å². The fraction of sp³-hybridized carbons (Fsp3) is 0.520. The highest BCUT2D eigenvalue weighted by Crippen LogP contribution is 2.46. The highest BCUT2D eigenvalue weighted by atomic mass is 16.5. The van der Waals surface area contributed by atoms with Crippen LogP contribution in [0.1, 0.15) is 63.6 Å². The zero-order valence-electron chi connectivity index (χ0n) is 17.5. The van der Waals surface area contributed by atoms with Crippen molar-refractivity contribution < 1.29 is 4.74 Å². The molecule has 0 aromatic heterocycles. The van der Waals surface area contributed by atoms with E-state index < -0.39 is 0 Å². The summed E-state index contributed by atoms with van der Waals surface area (Å²) in [7, 11) is 0. The Balaban J connectivity index is 1.66. The van der Waals surface area contributed by atoms with Crippen LogP contribution in [0.2, 0.25) is 0 Å². The number of ether oxygens (including phenoxy) is 1. The molecule has 1 atom stereocenters. The molecule has 0 fully saturated rings. The molecular weight excluding hydrogens is 330 g/mol. The molecule has 4 rings (SSSR count). The fourth-order valence-corrected chi connectivity index (χ4v) is 5.06. The first kappa shape index (κ1) is 18.4. The van der Waals surface area contributed by atoms with Crippen LogP contribution < -0.4 is 9.64 Å². The van der Waals surface area contributed by atoms with Crippen LogP contribution in [0.5, 0.6) is 5.75 Å². The Bertz CT molecular complexity index is 830. The molecule has 0 N–H and O–H groups in total. The Morgan fingerprint density at radius 1 is 1.00 bits per heavy atom. The van der Waals surface area contributed by atoms with Crippen LogP contribution in [0.4, 0.5) is 5.69 Å². The molecule has 2 aromatic rings. The average molecular weight is 364 g/mol. The summed E-state index contributed by atoms with van der Waals surface area (Å²) >= 11 is 0. The number of hydrogen-bond donors (Lipinski definition) is 0. The summed E-state index contributed by atoms with van der Waals surface area (Å²) in [5, 5.41) is 0. The third-order valence-electron chi connectivity index (χ3n) is 6.44. The lowest BCUT2D eigenvalue weighted by molar-refractivity contribution is 0.201. The molecule has 2 heterocycles. The van der Waals surface area contributed by atoms with Crippen molar-refractivity contribution in [2.24, 2.45) is 5.41 Å². The van der Waals surface area contributed by atoms with Gasteiger partial charge in [0.15, 0.2) is 0 Å². The second-order valence-electron chi connectivity index (χ2n) is 9.91. The molecule has 2 aromatic carbocycles. The van der Waals surface area contributed by atoms with Gasteiger partial charge in [-0.25, -0.2) is 0 Å². The van der Waals surface area contributed by atoms with Crippen molar-refractivity contribution in [3.63, 3.8) is 0 Å². The van der Waals surface area contributed by atoms with Gasteiger partial charge in [-0.2, -0.15) is 0 Å². The smallest absolute Gasteiger partial charge is 0.126 e. The van der Waals surface area contributed by atoms with E-state index in [1.807, 2.05) is 0 Å². The largest absolute Gasteiger partial charge is 0.493 e. The molecule has 2 nitrogen and oxygen atoms in total. The van der Waals surface area contributed by atoms with Crippen LogP contribution in [-0.4, -0.2) is 18.7 Å². The monoisotopic (exact) mass is 363 g/mol. The number of nitrogens with zero attached hydrogens (tertiary/aromatic N) is 1. The lowest BCUT2D eigenvalue weighted by Crippen LogP contribution is -2.45. The molecule has 0 bridgehead atoms. The van der Waals surface area contributed by atoms with Gasteiger partial charge in [0.25, 0.3) is 0 Å². The van der Waals surface area contributed by atoms with Gasteiger partial charge in [0.1, 0.15) is 5.75 Å². The zero-order valence-corrected chi connectivity index (χ0v) is 17.5. The number of hydrogen-bond acceptors (Lipinski definition) is 2. The van der Waals surface area contributed by atoms with Gasteiger partial charge in [0.05, 0.1) is 6.61 Å². The van der Waals surface area contributed by atoms with Crippen molar-refractivity contribution in [3.05, 3.63) is 59.2 Å². The van der Waals surface area contributed by atoms with Crippen LogP contribution in [0.25, 0.3) is 0 Å². The van der Waals surface area contributed by atoms with Crippen LogP contribution in [-0.2, 0) is 12.8 Å². The van der Waals surface area contributed by atoms with Gasteiger partial charge in [-0.05, 0) is 67.2 Å². The summed E-state index contributed by atoms with van der Waals surface area (Å²) in [5.41, 5.74) is 5.96. The van der Waals surface area contributed by atoms with Gasteiger partial charge in [0, 0.05) is 17.8 Å². The van der Waals surface area contributed by atoms with Gasteiger partial charge >= 0.3 is 0 Å². The van der Waals surface area contributed by atoms with Crippen LogP contribution in [0.15, 0.2) is 42.5 Å². The second kappa shape index (κ2) is 6.58. The Hall–Kier alpha value is -1.96. The lowest BCUT2D eigenvalue weighted by Gasteiger charge is -2.40. The minimum atomic E-state index is 0.0553. The Morgan fingerprint density at radius 2 is 1.78 bits per heavy atom. The fourth-order valence-electron chi connectivity index (χ4n) is 5.06. The topological polar surface area (TPSA) is 12.5 Å². The maximum absolute atomic E-state index is 6.24. The number of anilines is 1. The van der Waals surface area contributed by atoms with Crippen molar-refractivity contribution in [2.75, 3.05) is 18.1 Å². The molecule has 2 aliphatic heterocycles. The molecular formula is C25H33NO. The van der Waals surface area contributed by atoms with Crippen molar-refractivity contribution >= 4 is 5.69 Å². The van der Waals surface area contributed by atoms with E-state index in [2.05, 4.69) is 82.0 Å². The lowest BCUT2D eigenvalue weighted by atomic mass is 9.73. The normalized spacial score (nSPS) is 19.4. The maximum Gasteiger partial charge on any atom is 0.126 e. The molecule has 2 aliphatic rings. The van der Waals surface area contributed by atoms with E-state index in [1.54, 1.807) is 0 Å². The first-order valence-electron chi connectivity index (χ1n) is 10.4. The molecule has 144 valence electrons. The SMILES string of the molecule is CC(C)(C)C1CCOc2c(CC(C)(C)N3CCc4ccccc43)cccc21. The van der Waals surface area contributed by atoms with Crippen molar-refractivity contribution in [1.29, 1.82) is 0 Å². The van der Waals surface area contributed by atoms with E-state index >= 15 is 0 Å². The van der Waals surface area contributed by atoms with Gasteiger partial charge in [0.2, 0.25) is 0 Å². The quantitative estimate of drug-likeness (QED) is 0.665. The minimum Gasteiger partial charge on any atom is -0.493 e. The number of para-hydroxylation sites is 2. The third kappa shape index (κ3) is 3.35. The summed E-state index contributed by atoms with van der Waals surface area (Å²) in [4.78, 5) is 2.59. The molecule has 27 heavy (non-hydrogen) atoms. The van der Waals surface area contributed by atoms with Crippen LogP contribution in [0, 0.1) is 5.41 Å². The minimum absolute atomic E-state index is 0.0553. The molecule has 1 unspecified atom stereocenters. The Morgan fingerprint density at radius 3 is 2.56 bits per heavy atom. The highest BCUT2D eigenvalue weighted by molar-refractivity contribution is 5.60. The van der Waals surface area contributed by atoms with Gasteiger partial charge in [-0.3, -0.25) is 0 Å². The van der Waals surface area contributed by atoms with E-state index in [4.69, 9.17) is 4.74 Å². The molecule has 0 amide bonds. The van der Waals surface area contributed by atoms with Crippen LogP contribution in [0.3, 0.4) is 0 Å². The Kier molecular flexibility index (Phi) is 4.49. The van der Waals surface area contributed by atoms with Gasteiger partial charge < -0.3 is 9.64 Å². The predicted molar refractivity (Wildman–Crippen MR) is 114 cm³/mol. The standard InChI is InChI=1S/C25H33NO/c1-24(2,3)21-14-16-27-23-19(10-8-11-20(21)23)17-25(4,5)26-15-13-18-9-6-7-12-22(18)26/h6-12,21H,13-17H2,1-5H3. The third-order valence-corrected chi connectivity index (χ3v) is 6.44. The number of rotatable bonds is 3. The number of benzene rings is 2.